The molecule has 12 heteroatoms. The Morgan fingerprint density at radius 1 is 1.23 bits per heavy atom. The van der Waals surface area contributed by atoms with E-state index in [1.807, 2.05) is 12.3 Å². The smallest absolute Gasteiger partial charge is 0.407 e. The van der Waals surface area contributed by atoms with E-state index in [1.54, 1.807) is 17.0 Å². The Balaban J connectivity index is 1.42. The summed E-state index contributed by atoms with van der Waals surface area (Å²) in [5, 5.41) is 16.6. The third-order valence-corrected chi connectivity index (χ3v) is 7.14. The van der Waals surface area contributed by atoms with Crippen LogP contribution in [0.2, 0.25) is 0 Å². The molecule has 4 heterocycles. The zero-order chi connectivity index (χ0) is 24.7. The molecule has 0 aliphatic carbocycles. The van der Waals surface area contributed by atoms with Gasteiger partial charge in [0.25, 0.3) is 5.91 Å². The molecular weight excluding hydrogens is 478 g/mol. The minimum Gasteiger partial charge on any atom is -0.465 e. The number of amides is 2. The molecule has 1 aromatic carbocycles. The molecule has 0 bridgehead atoms. The van der Waals surface area contributed by atoms with Gasteiger partial charge in [-0.2, -0.15) is 0 Å². The third kappa shape index (κ3) is 4.62. The van der Waals surface area contributed by atoms with Gasteiger partial charge in [0.05, 0.1) is 18.8 Å². The fourth-order valence-corrected chi connectivity index (χ4v) is 5.22. The second-order valence-corrected chi connectivity index (χ2v) is 9.60. The van der Waals surface area contributed by atoms with Gasteiger partial charge in [-0.05, 0) is 48.6 Å². The van der Waals surface area contributed by atoms with Gasteiger partial charge >= 0.3 is 6.09 Å². The molecule has 0 saturated carbocycles. The second kappa shape index (κ2) is 9.33. The zero-order valence-electron chi connectivity index (χ0n) is 18.9. The first-order valence-corrected chi connectivity index (χ1v) is 12.4. The first-order valence-electron chi connectivity index (χ1n) is 11.2. The van der Waals surface area contributed by atoms with E-state index in [2.05, 4.69) is 15.4 Å². The normalized spacial score (nSPS) is 22.2. The first-order chi connectivity index (χ1) is 16.8. The van der Waals surface area contributed by atoms with E-state index < -0.39 is 24.2 Å². The number of carbonyl (C=O) groups excluding carboxylic acids is 1. The molecular formula is C23H24F2N6O3S. The summed E-state index contributed by atoms with van der Waals surface area (Å²) in [6.07, 6.45) is 1.86. The largest absolute Gasteiger partial charge is 0.465 e. The number of likely N-dealkylation sites (tertiary alicyclic amines) is 1. The summed E-state index contributed by atoms with van der Waals surface area (Å²) in [6, 6.07) is 7.43. The number of carbonyl (C=O) groups is 2. The van der Waals surface area contributed by atoms with Crippen LogP contribution in [0.25, 0.3) is 5.65 Å². The van der Waals surface area contributed by atoms with Crippen molar-refractivity contribution in [2.24, 2.45) is 0 Å². The van der Waals surface area contributed by atoms with E-state index in [9.17, 15) is 18.4 Å². The predicted octanol–water partition coefficient (Wildman–Crippen LogP) is 3.36. The van der Waals surface area contributed by atoms with E-state index in [4.69, 9.17) is 5.11 Å². The fourth-order valence-electron chi connectivity index (χ4n) is 4.73. The molecule has 2 amide bonds. The maximum atomic E-state index is 14.6. The SMILES string of the molecule is CSc1cc(F)cc([C@H]2C[C@H](F)CN2c2ccc3ncc(C(=O)N[C@H]4CCN(C(=O)O)C4)n3n2)c1. The molecule has 2 fully saturated rings. The molecule has 0 radical (unpaired) electrons. The van der Waals surface area contributed by atoms with E-state index in [-0.39, 0.29) is 37.1 Å². The summed E-state index contributed by atoms with van der Waals surface area (Å²) in [6.45, 7) is 0.669. The number of nitrogens with zero attached hydrogens (tertiary/aromatic N) is 5. The van der Waals surface area contributed by atoms with Crippen molar-refractivity contribution in [3.05, 3.63) is 53.6 Å². The van der Waals surface area contributed by atoms with Crippen LogP contribution >= 0.6 is 11.8 Å². The summed E-state index contributed by atoms with van der Waals surface area (Å²) < 4.78 is 30.2. The van der Waals surface area contributed by atoms with Crippen LogP contribution in [-0.4, -0.2) is 74.7 Å². The third-order valence-electron chi connectivity index (χ3n) is 6.43. The van der Waals surface area contributed by atoms with Crippen molar-refractivity contribution in [2.45, 2.75) is 36.0 Å². The Labute approximate surface area is 204 Å². The van der Waals surface area contributed by atoms with Crippen molar-refractivity contribution in [3.63, 3.8) is 0 Å². The maximum absolute atomic E-state index is 14.6. The van der Waals surface area contributed by atoms with E-state index in [0.29, 0.717) is 30.0 Å². The van der Waals surface area contributed by atoms with Crippen LogP contribution in [0.5, 0.6) is 0 Å². The van der Waals surface area contributed by atoms with Gasteiger partial charge in [0.2, 0.25) is 0 Å². The number of fused-ring (bicyclic) bond motifs is 1. The number of nitrogens with one attached hydrogen (secondary N) is 1. The molecule has 3 atom stereocenters. The fraction of sp³-hybridized carbons (Fsp3) is 0.391. The number of thioether (sulfide) groups is 1. The van der Waals surface area contributed by atoms with Crippen LogP contribution in [0.4, 0.5) is 19.4 Å². The van der Waals surface area contributed by atoms with Gasteiger partial charge in [0, 0.05) is 30.4 Å². The van der Waals surface area contributed by atoms with Crippen LogP contribution in [0.15, 0.2) is 41.4 Å². The molecule has 0 unspecified atom stereocenters. The van der Waals surface area contributed by atoms with Crippen molar-refractivity contribution in [3.8, 4) is 0 Å². The van der Waals surface area contributed by atoms with Crippen molar-refractivity contribution < 1.29 is 23.5 Å². The molecule has 5 rings (SSSR count). The van der Waals surface area contributed by atoms with E-state index in [0.717, 1.165) is 4.90 Å². The van der Waals surface area contributed by atoms with Gasteiger partial charge in [-0.15, -0.1) is 16.9 Å². The van der Waals surface area contributed by atoms with Gasteiger partial charge in [0.15, 0.2) is 11.3 Å². The number of anilines is 1. The van der Waals surface area contributed by atoms with Gasteiger partial charge < -0.3 is 20.2 Å². The first kappa shape index (κ1) is 23.3. The lowest BCUT2D eigenvalue weighted by Crippen LogP contribution is -2.38. The molecule has 2 aromatic heterocycles. The van der Waals surface area contributed by atoms with Crippen molar-refractivity contribution >= 4 is 35.2 Å². The molecule has 3 aromatic rings. The van der Waals surface area contributed by atoms with Crippen LogP contribution in [0, 0.1) is 5.82 Å². The van der Waals surface area contributed by atoms with Crippen LogP contribution in [0.3, 0.4) is 0 Å². The lowest BCUT2D eigenvalue weighted by atomic mass is 10.0. The summed E-state index contributed by atoms with van der Waals surface area (Å²) in [5.74, 6) is -0.350. The maximum Gasteiger partial charge on any atom is 0.407 e. The number of halogens is 2. The highest BCUT2D eigenvalue weighted by atomic mass is 32.2. The number of aromatic nitrogens is 3. The Morgan fingerprint density at radius 3 is 2.80 bits per heavy atom. The molecule has 2 N–H and O–H groups in total. The molecule has 35 heavy (non-hydrogen) atoms. The highest BCUT2D eigenvalue weighted by Crippen LogP contribution is 2.38. The average molecular weight is 503 g/mol. The molecule has 2 saturated heterocycles. The Morgan fingerprint density at radius 2 is 2.06 bits per heavy atom. The lowest BCUT2D eigenvalue weighted by Gasteiger charge is -2.26. The summed E-state index contributed by atoms with van der Waals surface area (Å²) >= 11 is 1.42. The zero-order valence-corrected chi connectivity index (χ0v) is 19.7. The number of alkyl halides is 1. The number of rotatable bonds is 5. The molecule has 2 aliphatic rings. The second-order valence-electron chi connectivity index (χ2n) is 8.72. The van der Waals surface area contributed by atoms with Gasteiger partial charge in [-0.25, -0.2) is 23.1 Å². The van der Waals surface area contributed by atoms with Gasteiger partial charge in [0.1, 0.15) is 17.8 Å². The number of benzene rings is 1. The van der Waals surface area contributed by atoms with Crippen LogP contribution in [-0.2, 0) is 0 Å². The monoisotopic (exact) mass is 502 g/mol. The summed E-state index contributed by atoms with van der Waals surface area (Å²) in [4.78, 5) is 32.1. The minimum absolute atomic E-state index is 0.0949. The molecule has 2 aliphatic heterocycles. The topological polar surface area (TPSA) is 103 Å². The van der Waals surface area contributed by atoms with Crippen molar-refractivity contribution in [2.75, 3.05) is 30.8 Å². The predicted molar refractivity (Wildman–Crippen MR) is 126 cm³/mol. The standard InChI is InChI=1S/C23H24F2N6O3S/c1-35-17-7-13(6-14(24)8-17)18-9-15(25)11-30(18)21-3-2-20-26-10-19(31(20)28-21)22(32)27-16-4-5-29(12-16)23(33)34/h2-3,6-8,10,15-16,18H,4-5,9,11-12H2,1H3,(H,27,32)(H,33,34)/t15-,16-,18+/m0/s1. The average Bonchev–Trinajstić information content (AvgIpc) is 3.56. The molecule has 184 valence electrons. The van der Waals surface area contributed by atoms with Gasteiger partial charge in [-0.1, -0.05) is 0 Å². The number of hydrogen-bond acceptors (Lipinski definition) is 6. The summed E-state index contributed by atoms with van der Waals surface area (Å²) in [5.41, 5.74) is 1.31. The molecule has 0 spiro atoms. The van der Waals surface area contributed by atoms with Crippen molar-refractivity contribution in [1.29, 1.82) is 0 Å². The highest BCUT2D eigenvalue weighted by Gasteiger charge is 2.35. The van der Waals surface area contributed by atoms with E-state index >= 15 is 0 Å². The van der Waals surface area contributed by atoms with Crippen LogP contribution in [0.1, 0.15) is 34.9 Å². The van der Waals surface area contributed by atoms with Gasteiger partial charge in [-0.3, -0.25) is 4.79 Å². The quantitative estimate of drug-likeness (QED) is 0.516. The van der Waals surface area contributed by atoms with E-state index in [1.165, 1.54) is 39.5 Å². The Hall–Kier alpha value is -3.41. The lowest BCUT2D eigenvalue weighted by molar-refractivity contribution is 0.0928. The summed E-state index contributed by atoms with van der Waals surface area (Å²) in [7, 11) is 0. The highest BCUT2D eigenvalue weighted by molar-refractivity contribution is 7.98. The Bertz CT molecular complexity index is 1290. The minimum atomic E-state index is -1.11. The molecule has 9 nitrogen and oxygen atoms in total. The Kier molecular flexibility index (Phi) is 6.22. The number of carboxylic acid groups (broad SMARTS) is 1. The number of imidazole rings is 1. The number of hydrogen-bond donors (Lipinski definition) is 2. The van der Waals surface area contributed by atoms with Crippen molar-refractivity contribution in [1.82, 2.24) is 24.8 Å². The van der Waals surface area contributed by atoms with Crippen LogP contribution < -0.4 is 10.2 Å².